The van der Waals surface area contributed by atoms with Crippen molar-refractivity contribution in [1.82, 2.24) is 15.0 Å². The van der Waals surface area contributed by atoms with Crippen molar-refractivity contribution < 1.29 is 18.4 Å². The summed E-state index contributed by atoms with van der Waals surface area (Å²) in [5.41, 5.74) is 0.693. The number of nitrogens with zero attached hydrogens (tertiary/aromatic N) is 3. The van der Waals surface area contributed by atoms with Crippen molar-refractivity contribution in [2.75, 3.05) is 26.8 Å². The lowest BCUT2D eigenvalue weighted by atomic mass is 10.1. The van der Waals surface area contributed by atoms with Crippen molar-refractivity contribution >= 4 is 5.91 Å². The van der Waals surface area contributed by atoms with E-state index in [0.29, 0.717) is 49.2 Å². The fourth-order valence-electron chi connectivity index (χ4n) is 2.88. The van der Waals surface area contributed by atoms with Gasteiger partial charge in [-0.25, -0.2) is 4.39 Å². The second kappa shape index (κ2) is 7.53. The average molecular weight is 333 g/mol. The zero-order valence-corrected chi connectivity index (χ0v) is 13.6. The Morgan fingerprint density at radius 1 is 1.42 bits per heavy atom. The summed E-state index contributed by atoms with van der Waals surface area (Å²) in [6, 6.07) is 5.94. The molecule has 3 rings (SSSR count). The van der Waals surface area contributed by atoms with E-state index in [1.165, 1.54) is 12.1 Å². The maximum absolute atomic E-state index is 13.0. The van der Waals surface area contributed by atoms with Crippen LogP contribution in [0.15, 0.2) is 28.8 Å². The molecule has 7 heteroatoms. The SMILES string of the molecule is COCCC(=O)N1CCC(Cc2noc(-c3ccc(F)cc3)n2)C1. The Morgan fingerprint density at radius 2 is 2.21 bits per heavy atom. The molecular formula is C17H20FN3O3. The summed E-state index contributed by atoms with van der Waals surface area (Å²) in [5, 5.41) is 3.99. The van der Waals surface area contributed by atoms with Gasteiger partial charge >= 0.3 is 0 Å². The minimum absolute atomic E-state index is 0.125. The van der Waals surface area contributed by atoms with Crippen LogP contribution in [0.2, 0.25) is 0 Å². The third-order valence-electron chi connectivity index (χ3n) is 4.19. The molecule has 2 aromatic rings. The van der Waals surface area contributed by atoms with Crippen molar-refractivity contribution in [2.24, 2.45) is 5.92 Å². The number of likely N-dealkylation sites (tertiary alicyclic amines) is 1. The van der Waals surface area contributed by atoms with Crippen LogP contribution in [0.25, 0.3) is 11.5 Å². The molecule has 1 unspecified atom stereocenters. The standard InChI is InChI=1S/C17H20FN3O3/c1-23-9-7-16(22)21-8-6-12(11-21)10-15-19-17(24-20-15)13-2-4-14(18)5-3-13/h2-5,12H,6-11H2,1H3. The molecule has 0 radical (unpaired) electrons. The lowest BCUT2D eigenvalue weighted by molar-refractivity contribution is -0.131. The van der Waals surface area contributed by atoms with Gasteiger partial charge in [-0.2, -0.15) is 4.98 Å². The van der Waals surface area contributed by atoms with Crippen molar-refractivity contribution in [3.8, 4) is 11.5 Å². The van der Waals surface area contributed by atoms with Gasteiger partial charge in [0, 0.05) is 32.2 Å². The molecule has 6 nitrogen and oxygen atoms in total. The van der Waals surface area contributed by atoms with E-state index in [0.717, 1.165) is 13.0 Å². The lowest BCUT2D eigenvalue weighted by Crippen LogP contribution is -2.29. The van der Waals surface area contributed by atoms with Gasteiger partial charge < -0.3 is 14.2 Å². The number of rotatable bonds is 6. The second-order valence-corrected chi connectivity index (χ2v) is 5.96. The van der Waals surface area contributed by atoms with Crippen LogP contribution in [0.4, 0.5) is 4.39 Å². The third kappa shape index (κ3) is 3.97. The zero-order valence-electron chi connectivity index (χ0n) is 13.6. The summed E-state index contributed by atoms with van der Waals surface area (Å²) >= 11 is 0. The van der Waals surface area contributed by atoms with E-state index < -0.39 is 0 Å². The molecule has 1 atom stereocenters. The van der Waals surface area contributed by atoms with Crippen LogP contribution in [0.3, 0.4) is 0 Å². The normalized spacial score (nSPS) is 17.4. The highest BCUT2D eigenvalue weighted by molar-refractivity contribution is 5.76. The van der Waals surface area contributed by atoms with Gasteiger partial charge in [-0.05, 0) is 36.6 Å². The third-order valence-corrected chi connectivity index (χ3v) is 4.19. The number of carbonyl (C=O) groups excluding carboxylic acids is 1. The van der Waals surface area contributed by atoms with Crippen molar-refractivity contribution in [2.45, 2.75) is 19.3 Å². The van der Waals surface area contributed by atoms with E-state index in [1.54, 1.807) is 19.2 Å². The van der Waals surface area contributed by atoms with Crippen LogP contribution >= 0.6 is 0 Å². The highest BCUT2D eigenvalue weighted by atomic mass is 19.1. The number of aromatic nitrogens is 2. The minimum Gasteiger partial charge on any atom is -0.384 e. The van der Waals surface area contributed by atoms with E-state index in [2.05, 4.69) is 10.1 Å². The molecule has 1 aromatic heterocycles. The monoisotopic (exact) mass is 333 g/mol. The van der Waals surface area contributed by atoms with Gasteiger partial charge in [-0.15, -0.1) is 0 Å². The zero-order chi connectivity index (χ0) is 16.9. The van der Waals surface area contributed by atoms with Gasteiger partial charge in [0.25, 0.3) is 5.89 Å². The summed E-state index contributed by atoms with van der Waals surface area (Å²) in [6.45, 7) is 1.92. The van der Waals surface area contributed by atoms with Crippen LogP contribution < -0.4 is 0 Å². The molecule has 1 amide bonds. The number of methoxy groups -OCH3 is 1. The molecule has 1 aliphatic rings. The van der Waals surface area contributed by atoms with E-state index in [1.807, 2.05) is 4.90 Å². The Labute approximate surface area is 139 Å². The highest BCUT2D eigenvalue weighted by Crippen LogP contribution is 2.22. The fraction of sp³-hybridized carbons (Fsp3) is 0.471. The molecule has 1 aliphatic heterocycles. The first kappa shape index (κ1) is 16.6. The van der Waals surface area contributed by atoms with Gasteiger partial charge in [-0.1, -0.05) is 5.16 Å². The molecule has 0 N–H and O–H groups in total. The van der Waals surface area contributed by atoms with E-state index >= 15 is 0 Å². The molecule has 0 bridgehead atoms. The molecule has 0 saturated carbocycles. The number of ether oxygens (including phenoxy) is 1. The smallest absolute Gasteiger partial charge is 0.257 e. The van der Waals surface area contributed by atoms with E-state index in [4.69, 9.17) is 9.26 Å². The summed E-state index contributed by atoms with van der Waals surface area (Å²) in [7, 11) is 1.59. The molecule has 1 fully saturated rings. The first-order chi connectivity index (χ1) is 11.7. The largest absolute Gasteiger partial charge is 0.384 e. The predicted octanol–water partition coefficient (Wildman–Crippen LogP) is 2.30. The van der Waals surface area contributed by atoms with Gasteiger partial charge in [0.05, 0.1) is 13.0 Å². The summed E-state index contributed by atoms with van der Waals surface area (Å²) in [6.07, 6.45) is 2.01. The number of hydrogen-bond acceptors (Lipinski definition) is 5. The minimum atomic E-state index is -0.303. The van der Waals surface area contributed by atoms with Crippen LogP contribution in [-0.4, -0.2) is 47.8 Å². The fourth-order valence-corrected chi connectivity index (χ4v) is 2.88. The van der Waals surface area contributed by atoms with E-state index in [-0.39, 0.29) is 11.7 Å². The highest BCUT2D eigenvalue weighted by Gasteiger charge is 2.27. The van der Waals surface area contributed by atoms with Crippen LogP contribution in [0.1, 0.15) is 18.7 Å². The van der Waals surface area contributed by atoms with Gasteiger partial charge in [0.2, 0.25) is 5.91 Å². The number of halogens is 1. The van der Waals surface area contributed by atoms with Crippen LogP contribution in [0, 0.1) is 11.7 Å². The summed E-state index contributed by atoms with van der Waals surface area (Å²) < 4.78 is 23.1. The first-order valence-corrected chi connectivity index (χ1v) is 8.01. The molecule has 0 aliphatic carbocycles. The number of carbonyl (C=O) groups is 1. The Balaban J connectivity index is 1.56. The second-order valence-electron chi connectivity index (χ2n) is 5.96. The Morgan fingerprint density at radius 3 is 2.96 bits per heavy atom. The first-order valence-electron chi connectivity index (χ1n) is 8.01. The van der Waals surface area contributed by atoms with Crippen molar-refractivity contribution in [1.29, 1.82) is 0 Å². The number of amides is 1. The maximum atomic E-state index is 13.0. The molecule has 0 spiro atoms. The predicted molar refractivity (Wildman–Crippen MR) is 84.6 cm³/mol. The molecule has 1 aromatic carbocycles. The van der Waals surface area contributed by atoms with E-state index in [9.17, 15) is 9.18 Å². The molecule has 128 valence electrons. The van der Waals surface area contributed by atoms with Gasteiger partial charge in [-0.3, -0.25) is 4.79 Å². The van der Waals surface area contributed by atoms with Gasteiger partial charge in [0.15, 0.2) is 5.82 Å². The Bertz CT molecular complexity index is 687. The maximum Gasteiger partial charge on any atom is 0.257 e. The number of hydrogen-bond donors (Lipinski definition) is 0. The molecule has 24 heavy (non-hydrogen) atoms. The quantitative estimate of drug-likeness (QED) is 0.811. The Kier molecular flexibility index (Phi) is 5.20. The average Bonchev–Trinajstić information content (AvgIpc) is 3.23. The number of benzene rings is 1. The lowest BCUT2D eigenvalue weighted by Gasteiger charge is -2.15. The molecule has 1 saturated heterocycles. The molecular weight excluding hydrogens is 313 g/mol. The molecule has 2 heterocycles. The summed E-state index contributed by atoms with van der Waals surface area (Å²) in [4.78, 5) is 18.2. The van der Waals surface area contributed by atoms with Crippen LogP contribution in [0.5, 0.6) is 0 Å². The van der Waals surface area contributed by atoms with Gasteiger partial charge in [0.1, 0.15) is 5.82 Å². The topological polar surface area (TPSA) is 68.5 Å². The van der Waals surface area contributed by atoms with Crippen molar-refractivity contribution in [3.05, 3.63) is 35.9 Å². The van der Waals surface area contributed by atoms with Crippen LogP contribution in [-0.2, 0) is 16.0 Å². The van der Waals surface area contributed by atoms with Crippen molar-refractivity contribution in [3.63, 3.8) is 0 Å². The Hall–Kier alpha value is -2.28. The summed E-state index contributed by atoms with van der Waals surface area (Å²) in [5.74, 6) is 1.15.